The van der Waals surface area contributed by atoms with Gasteiger partial charge in [-0.25, -0.2) is 4.79 Å². The van der Waals surface area contributed by atoms with Crippen molar-refractivity contribution in [3.8, 4) is 11.5 Å². The molecule has 19 heavy (non-hydrogen) atoms. The summed E-state index contributed by atoms with van der Waals surface area (Å²) in [5.74, 6) is -2.52. The van der Waals surface area contributed by atoms with Gasteiger partial charge in [-0.3, -0.25) is 4.79 Å². The van der Waals surface area contributed by atoms with Gasteiger partial charge in [0, 0.05) is 6.54 Å². The van der Waals surface area contributed by atoms with Crippen LogP contribution in [0.3, 0.4) is 0 Å². The second kappa shape index (κ2) is 5.17. The second-order valence-electron chi connectivity index (χ2n) is 4.52. The molecule has 2 rings (SSSR count). The summed E-state index contributed by atoms with van der Waals surface area (Å²) in [6.45, 7) is 0.338. The number of nitrogens with zero attached hydrogens (tertiary/aromatic N) is 1. The van der Waals surface area contributed by atoms with Crippen LogP contribution in [0.5, 0.6) is 11.5 Å². The lowest BCUT2D eigenvalue weighted by Crippen LogP contribution is -2.48. The minimum absolute atomic E-state index is 0.0758. The Morgan fingerprint density at radius 3 is 2.63 bits per heavy atom. The van der Waals surface area contributed by atoms with E-state index < -0.39 is 29.4 Å². The van der Waals surface area contributed by atoms with Gasteiger partial charge in [0.05, 0.1) is 5.56 Å². The number of aromatic hydroxyl groups is 2. The summed E-state index contributed by atoms with van der Waals surface area (Å²) in [6.07, 6.45) is 1.89. The topological polar surface area (TPSA) is 98.1 Å². The van der Waals surface area contributed by atoms with Gasteiger partial charge >= 0.3 is 5.97 Å². The van der Waals surface area contributed by atoms with E-state index in [2.05, 4.69) is 0 Å². The number of likely N-dealkylation sites (tertiary alicyclic amines) is 1. The van der Waals surface area contributed by atoms with Gasteiger partial charge in [0.15, 0.2) is 11.5 Å². The normalized spacial score (nSPS) is 19.2. The van der Waals surface area contributed by atoms with Crippen molar-refractivity contribution in [2.24, 2.45) is 0 Å². The maximum Gasteiger partial charge on any atom is 0.326 e. The van der Waals surface area contributed by atoms with Gasteiger partial charge < -0.3 is 20.2 Å². The summed E-state index contributed by atoms with van der Waals surface area (Å²) in [6, 6.07) is 3.19. The predicted octanol–water partition coefficient (Wildman–Crippen LogP) is 1.18. The third-order valence-corrected chi connectivity index (χ3v) is 3.29. The number of amides is 1. The van der Waals surface area contributed by atoms with Crippen molar-refractivity contribution in [1.82, 2.24) is 4.90 Å². The summed E-state index contributed by atoms with van der Waals surface area (Å²) in [7, 11) is 0. The Morgan fingerprint density at radius 2 is 1.95 bits per heavy atom. The summed E-state index contributed by atoms with van der Waals surface area (Å²) >= 11 is 0. The van der Waals surface area contributed by atoms with Crippen molar-refractivity contribution in [2.75, 3.05) is 6.54 Å². The van der Waals surface area contributed by atoms with Crippen molar-refractivity contribution >= 4 is 11.9 Å². The molecule has 102 valence electrons. The van der Waals surface area contributed by atoms with E-state index in [0.717, 1.165) is 12.8 Å². The number of phenols is 2. The molecule has 0 spiro atoms. The molecule has 1 atom stereocenters. The molecule has 1 fully saturated rings. The first-order chi connectivity index (χ1) is 9.02. The molecular weight excluding hydrogens is 250 g/mol. The standard InChI is InChI=1S/C13H15NO5/c15-10-6-3-4-8(11(10)16)12(17)14-7-2-1-5-9(14)13(18)19/h3-4,6,9,15-16H,1-2,5,7H2,(H,18,19). The molecule has 0 bridgehead atoms. The van der Waals surface area contributed by atoms with Crippen LogP contribution in [0, 0.1) is 0 Å². The lowest BCUT2D eigenvalue weighted by atomic mass is 10.0. The molecular formula is C13H15NO5. The number of hydrogen-bond donors (Lipinski definition) is 3. The zero-order chi connectivity index (χ0) is 14.0. The Kier molecular flexibility index (Phi) is 3.59. The first-order valence-corrected chi connectivity index (χ1v) is 6.07. The Balaban J connectivity index is 2.31. The molecule has 1 aromatic carbocycles. The largest absolute Gasteiger partial charge is 0.504 e. The summed E-state index contributed by atoms with van der Waals surface area (Å²) in [5, 5.41) is 28.2. The van der Waals surface area contributed by atoms with Crippen LogP contribution in [-0.2, 0) is 4.79 Å². The minimum atomic E-state index is -1.05. The number of benzene rings is 1. The quantitative estimate of drug-likeness (QED) is 0.697. The Hall–Kier alpha value is -2.24. The van der Waals surface area contributed by atoms with Gasteiger partial charge in [-0.1, -0.05) is 6.07 Å². The molecule has 1 amide bonds. The van der Waals surface area contributed by atoms with E-state index in [9.17, 15) is 19.8 Å². The fraction of sp³-hybridized carbons (Fsp3) is 0.385. The van der Waals surface area contributed by atoms with E-state index in [0.29, 0.717) is 13.0 Å². The van der Waals surface area contributed by atoms with Crippen LogP contribution in [0.1, 0.15) is 29.6 Å². The van der Waals surface area contributed by atoms with Gasteiger partial charge in [-0.15, -0.1) is 0 Å². The number of piperidine rings is 1. The van der Waals surface area contributed by atoms with Gasteiger partial charge in [-0.05, 0) is 31.4 Å². The Morgan fingerprint density at radius 1 is 1.21 bits per heavy atom. The maximum absolute atomic E-state index is 12.3. The number of hydrogen-bond acceptors (Lipinski definition) is 4. The molecule has 3 N–H and O–H groups in total. The van der Waals surface area contributed by atoms with Gasteiger partial charge in [-0.2, -0.15) is 0 Å². The molecule has 1 aliphatic heterocycles. The molecule has 1 saturated heterocycles. The molecule has 0 aromatic heterocycles. The van der Waals surface area contributed by atoms with Crippen LogP contribution in [-0.4, -0.2) is 44.7 Å². The van der Waals surface area contributed by atoms with Gasteiger partial charge in [0.25, 0.3) is 5.91 Å². The highest BCUT2D eigenvalue weighted by molar-refractivity contribution is 5.99. The maximum atomic E-state index is 12.3. The van der Waals surface area contributed by atoms with Crippen LogP contribution >= 0.6 is 0 Å². The third kappa shape index (κ3) is 2.47. The van der Waals surface area contributed by atoms with E-state index in [-0.39, 0.29) is 5.56 Å². The fourth-order valence-corrected chi connectivity index (χ4v) is 2.29. The third-order valence-electron chi connectivity index (χ3n) is 3.29. The van der Waals surface area contributed by atoms with E-state index in [1.165, 1.54) is 23.1 Å². The average Bonchev–Trinajstić information content (AvgIpc) is 2.41. The average molecular weight is 265 g/mol. The van der Waals surface area contributed by atoms with Crippen LogP contribution in [0.15, 0.2) is 18.2 Å². The molecule has 0 aliphatic carbocycles. The smallest absolute Gasteiger partial charge is 0.326 e. The highest BCUT2D eigenvalue weighted by Gasteiger charge is 2.33. The number of carbonyl (C=O) groups excluding carboxylic acids is 1. The number of carboxylic acids is 1. The molecule has 1 heterocycles. The zero-order valence-electron chi connectivity index (χ0n) is 10.2. The first-order valence-electron chi connectivity index (χ1n) is 6.07. The zero-order valence-corrected chi connectivity index (χ0v) is 10.2. The number of phenolic OH excluding ortho intramolecular Hbond substituents is 2. The second-order valence-corrected chi connectivity index (χ2v) is 4.52. The fourth-order valence-electron chi connectivity index (χ4n) is 2.29. The van der Waals surface area contributed by atoms with Crippen molar-refractivity contribution in [1.29, 1.82) is 0 Å². The summed E-state index contributed by atoms with van der Waals surface area (Å²) in [4.78, 5) is 24.7. The van der Waals surface area contributed by atoms with Gasteiger partial charge in [0.1, 0.15) is 6.04 Å². The van der Waals surface area contributed by atoms with Crippen molar-refractivity contribution < 1.29 is 24.9 Å². The first kappa shape index (κ1) is 13.2. The number of aliphatic carboxylic acids is 1. The van der Waals surface area contributed by atoms with E-state index >= 15 is 0 Å². The molecule has 6 nitrogen and oxygen atoms in total. The molecule has 0 radical (unpaired) electrons. The number of carboxylic acid groups (broad SMARTS) is 1. The van der Waals surface area contributed by atoms with Gasteiger partial charge in [0.2, 0.25) is 0 Å². The van der Waals surface area contributed by atoms with Crippen LogP contribution in [0.4, 0.5) is 0 Å². The van der Waals surface area contributed by atoms with Crippen LogP contribution in [0.2, 0.25) is 0 Å². The molecule has 0 saturated carbocycles. The lowest BCUT2D eigenvalue weighted by Gasteiger charge is -2.33. The lowest BCUT2D eigenvalue weighted by molar-refractivity contribution is -0.143. The van der Waals surface area contributed by atoms with Crippen LogP contribution in [0.25, 0.3) is 0 Å². The summed E-state index contributed by atoms with van der Waals surface area (Å²) in [5.41, 5.74) is -0.0758. The number of rotatable bonds is 2. The highest BCUT2D eigenvalue weighted by Crippen LogP contribution is 2.30. The van der Waals surface area contributed by atoms with Crippen molar-refractivity contribution in [2.45, 2.75) is 25.3 Å². The summed E-state index contributed by atoms with van der Waals surface area (Å²) < 4.78 is 0. The minimum Gasteiger partial charge on any atom is -0.504 e. The molecule has 1 aromatic rings. The Bertz CT molecular complexity index is 514. The van der Waals surface area contributed by atoms with E-state index in [1.807, 2.05) is 0 Å². The molecule has 1 aliphatic rings. The number of carbonyl (C=O) groups is 2. The van der Waals surface area contributed by atoms with Crippen molar-refractivity contribution in [3.05, 3.63) is 23.8 Å². The monoisotopic (exact) mass is 265 g/mol. The SMILES string of the molecule is O=C(O)C1CCCCN1C(=O)c1cccc(O)c1O. The van der Waals surface area contributed by atoms with E-state index in [4.69, 9.17) is 5.11 Å². The van der Waals surface area contributed by atoms with Crippen molar-refractivity contribution in [3.63, 3.8) is 0 Å². The molecule has 6 heteroatoms. The Labute approximate surface area is 109 Å². The number of para-hydroxylation sites is 1. The molecule has 1 unspecified atom stereocenters. The van der Waals surface area contributed by atoms with Crippen LogP contribution < -0.4 is 0 Å². The van der Waals surface area contributed by atoms with E-state index in [1.54, 1.807) is 0 Å². The highest BCUT2D eigenvalue weighted by atomic mass is 16.4. The predicted molar refractivity (Wildman–Crippen MR) is 66.1 cm³/mol.